The summed E-state index contributed by atoms with van der Waals surface area (Å²) < 4.78 is 2.12. The van der Waals surface area contributed by atoms with Crippen molar-refractivity contribution in [1.29, 1.82) is 0 Å². The molecule has 2 aromatic rings. The van der Waals surface area contributed by atoms with Crippen LogP contribution in [0.3, 0.4) is 0 Å². The molecule has 0 unspecified atom stereocenters. The molecule has 0 radical (unpaired) electrons. The molecule has 0 aliphatic heterocycles. The quantitative estimate of drug-likeness (QED) is 0.820. The van der Waals surface area contributed by atoms with Gasteiger partial charge in [0.2, 0.25) is 5.91 Å². The average molecular weight is 256 g/mol. The molecule has 100 valence electrons. The van der Waals surface area contributed by atoms with Gasteiger partial charge in [-0.3, -0.25) is 4.79 Å². The molecule has 1 aromatic carbocycles. The summed E-state index contributed by atoms with van der Waals surface area (Å²) in [6.45, 7) is 6.32. The lowest BCUT2D eigenvalue weighted by atomic mass is 10.1. The zero-order chi connectivity index (χ0) is 13.8. The summed E-state index contributed by atoms with van der Waals surface area (Å²) >= 11 is 0. The highest BCUT2D eigenvalue weighted by Crippen LogP contribution is 2.20. The van der Waals surface area contributed by atoms with Crippen molar-refractivity contribution in [2.75, 3.05) is 6.54 Å². The molecule has 1 heterocycles. The fourth-order valence-electron chi connectivity index (χ4n) is 2.22. The Morgan fingerprint density at radius 3 is 2.84 bits per heavy atom. The number of aromatic nitrogens is 1. The van der Waals surface area contributed by atoms with Crippen LogP contribution in [-0.2, 0) is 18.3 Å². The smallest absolute Gasteiger partial charge is 0.246 e. The Morgan fingerprint density at radius 2 is 2.11 bits per heavy atom. The van der Waals surface area contributed by atoms with Crippen LogP contribution in [0.1, 0.15) is 18.9 Å². The highest BCUT2D eigenvalue weighted by molar-refractivity contribution is 5.92. The molecule has 0 fully saturated rings. The van der Waals surface area contributed by atoms with Gasteiger partial charge in [0.05, 0.1) is 0 Å². The summed E-state index contributed by atoms with van der Waals surface area (Å²) in [6, 6.07) is 8.32. The van der Waals surface area contributed by atoms with Crippen molar-refractivity contribution in [2.24, 2.45) is 7.05 Å². The number of amides is 1. The van der Waals surface area contributed by atoms with Gasteiger partial charge >= 0.3 is 0 Å². The molecule has 3 heteroatoms. The summed E-state index contributed by atoms with van der Waals surface area (Å²) in [5.74, 6) is -0.0391. The van der Waals surface area contributed by atoms with Gasteiger partial charge < -0.3 is 9.88 Å². The maximum Gasteiger partial charge on any atom is 0.246 e. The van der Waals surface area contributed by atoms with E-state index >= 15 is 0 Å². The van der Waals surface area contributed by atoms with Crippen molar-refractivity contribution < 1.29 is 4.79 Å². The number of benzene rings is 1. The summed E-state index contributed by atoms with van der Waals surface area (Å²) in [4.78, 5) is 11.6. The summed E-state index contributed by atoms with van der Waals surface area (Å²) in [5, 5.41) is 4.17. The number of para-hydroxylation sites is 1. The van der Waals surface area contributed by atoms with Gasteiger partial charge in [0.15, 0.2) is 0 Å². The first-order valence-electron chi connectivity index (χ1n) is 6.62. The molecule has 0 aliphatic carbocycles. The molecule has 1 N–H and O–H groups in total. The number of carbonyl (C=O) groups is 1. The van der Waals surface area contributed by atoms with Crippen LogP contribution in [0.15, 0.2) is 42.6 Å². The summed E-state index contributed by atoms with van der Waals surface area (Å²) in [7, 11) is 2.04. The predicted molar refractivity (Wildman–Crippen MR) is 79.1 cm³/mol. The maximum atomic E-state index is 11.6. The van der Waals surface area contributed by atoms with Gasteiger partial charge in [-0.25, -0.2) is 0 Å². The monoisotopic (exact) mass is 256 g/mol. The van der Waals surface area contributed by atoms with Crippen molar-refractivity contribution in [3.8, 4) is 0 Å². The molecule has 0 aliphatic rings. The zero-order valence-electron chi connectivity index (χ0n) is 11.6. The molecule has 0 spiro atoms. The molecule has 0 atom stereocenters. The van der Waals surface area contributed by atoms with E-state index in [4.69, 9.17) is 0 Å². The van der Waals surface area contributed by atoms with E-state index in [0.717, 1.165) is 6.42 Å². The number of carbonyl (C=O) groups excluding carboxylic acids is 1. The zero-order valence-corrected chi connectivity index (χ0v) is 11.6. The largest absolute Gasteiger partial charge is 0.352 e. The van der Waals surface area contributed by atoms with E-state index in [1.165, 1.54) is 16.5 Å². The van der Waals surface area contributed by atoms with E-state index in [1.807, 2.05) is 26.1 Å². The third kappa shape index (κ3) is 2.87. The van der Waals surface area contributed by atoms with Crippen LogP contribution in [0.2, 0.25) is 0 Å². The van der Waals surface area contributed by atoms with E-state index in [0.29, 0.717) is 18.5 Å². The van der Waals surface area contributed by atoms with E-state index in [2.05, 4.69) is 34.8 Å². The SMILES string of the molecule is C=C(CC)C(=O)NCCc1cn(C)c2ccccc12. The van der Waals surface area contributed by atoms with E-state index in [9.17, 15) is 4.79 Å². The van der Waals surface area contributed by atoms with E-state index in [-0.39, 0.29) is 5.91 Å². The van der Waals surface area contributed by atoms with Crippen molar-refractivity contribution >= 4 is 16.8 Å². The first kappa shape index (κ1) is 13.4. The number of hydrogen-bond acceptors (Lipinski definition) is 1. The predicted octanol–water partition coefficient (Wildman–Crippen LogP) is 2.80. The Hall–Kier alpha value is -2.03. The van der Waals surface area contributed by atoms with Gasteiger partial charge in [0.1, 0.15) is 0 Å². The second-order valence-electron chi connectivity index (χ2n) is 4.75. The Morgan fingerprint density at radius 1 is 1.37 bits per heavy atom. The van der Waals surface area contributed by atoms with Crippen molar-refractivity contribution in [3.05, 3.63) is 48.2 Å². The van der Waals surface area contributed by atoms with E-state index in [1.54, 1.807) is 0 Å². The second-order valence-corrected chi connectivity index (χ2v) is 4.75. The fraction of sp³-hybridized carbons (Fsp3) is 0.312. The lowest BCUT2D eigenvalue weighted by Crippen LogP contribution is -2.26. The molecule has 1 aromatic heterocycles. The molecule has 0 saturated carbocycles. The normalized spacial score (nSPS) is 10.6. The lowest BCUT2D eigenvalue weighted by molar-refractivity contribution is -0.117. The van der Waals surface area contributed by atoms with Gasteiger partial charge in [-0.15, -0.1) is 0 Å². The molecule has 0 bridgehead atoms. The third-order valence-electron chi connectivity index (χ3n) is 3.41. The number of hydrogen-bond donors (Lipinski definition) is 1. The highest BCUT2D eigenvalue weighted by atomic mass is 16.1. The third-order valence-corrected chi connectivity index (χ3v) is 3.41. The van der Waals surface area contributed by atoms with Gasteiger partial charge in [-0.1, -0.05) is 31.7 Å². The van der Waals surface area contributed by atoms with Crippen LogP contribution in [0, 0.1) is 0 Å². The van der Waals surface area contributed by atoms with Crippen LogP contribution in [-0.4, -0.2) is 17.0 Å². The highest BCUT2D eigenvalue weighted by Gasteiger charge is 2.07. The van der Waals surface area contributed by atoms with E-state index < -0.39 is 0 Å². The number of fused-ring (bicyclic) bond motifs is 1. The minimum absolute atomic E-state index is 0.0391. The minimum atomic E-state index is -0.0391. The first-order valence-corrected chi connectivity index (χ1v) is 6.62. The second kappa shape index (κ2) is 5.74. The molecule has 3 nitrogen and oxygen atoms in total. The van der Waals surface area contributed by atoms with Crippen LogP contribution in [0.5, 0.6) is 0 Å². The first-order chi connectivity index (χ1) is 9.13. The maximum absolute atomic E-state index is 11.6. The molecule has 1 amide bonds. The van der Waals surface area contributed by atoms with Crippen molar-refractivity contribution in [2.45, 2.75) is 19.8 Å². The van der Waals surface area contributed by atoms with Gasteiger partial charge in [-0.2, -0.15) is 0 Å². The standard InChI is InChI=1S/C16H20N2O/c1-4-12(2)16(19)17-10-9-13-11-18(3)15-8-6-5-7-14(13)15/h5-8,11H,2,4,9-10H2,1,3H3,(H,17,19). The lowest BCUT2D eigenvalue weighted by Gasteiger charge is -2.05. The Balaban J connectivity index is 2.03. The molecular weight excluding hydrogens is 236 g/mol. The fourth-order valence-corrected chi connectivity index (χ4v) is 2.22. The van der Waals surface area contributed by atoms with Crippen LogP contribution in [0.4, 0.5) is 0 Å². The minimum Gasteiger partial charge on any atom is -0.352 e. The number of rotatable bonds is 5. The summed E-state index contributed by atoms with van der Waals surface area (Å²) in [5.41, 5.74) is 3.13. The van der Waals surface area contributed by atoms with Gasteiger partial charge in [0, 0.05) is 36.3 Å². The van der Waals surface area contributed by atoms with Crippen molar-refractivity contribution in [3.63, 3.8) is 0 Å². The average Bonchev–Trinajstić information content (AvgIpc) is 2.75. The van der Waals surface area contributed by atoms with Crippen molar-refractivity contribution in [1.82, 2.24) is 9.88 Å². The van der Waals surface area contributed by atoms with Crippen LogP contribution < -0.4 is 5.32 Å². The van der Waals surface area contributed by atoms with Crippen LogP contribution in [0.25, 0.3) is 10.9 Å². The van der Waals surface area contributed by atoms with Gasteiger partial charge in [-0.05, 0) is 24.5 Å². The molecule has 2 rings (SSSR count). The topological polar surface area (TPSA) is 34.0 Å². The Labute approximate surface area is 113 Å². The Bertz CT molecular complexity index is 610. The number of aryl methyl sites for hydroxylation is 1. The van der Waals surface area contributed by atoms with Gasteiger partial charge in [0.25, 0.3) is 0 Å². The Kier molecular flexibility index (Phi) is 4.05. The molecule has 0 saturated heterocycles. The number of nitrogens with zero attached hydrogens (tertiary/aromatic N) is 1. The van der Waals surface area contributed by atoms with Crippen LogP contribution >= 0.6 is 0 Å². The molecular formula is C16H20N2O. The summed E-state index contributed by atoms with van der Waals surface area (Å²) in [6.07, 6.45) is 3.66. The number of nitrogens with one attached hydrogen (secondary N) is 1. The molecule has 19 heavy (non-hydrogen) atoms.